The van der Waals surface area contributed by atoms with Crippen LogP contribution in [0.3, 0.4) is 0 Å². The van der Waals surface area contributed by atoms with Gasteiger partial charge in [-0.05, 0) is 54.1 Å². The van der Waals surface area contributed by atoms with Gasteiger partial charge in [-0.25, -0.2) is 4.39 Å². The fourth-order valence-electron chi connectivity index (χ4n) is 3.49. The molecule has 0 fully saturated rings. The van der Waals surface area contributed by atoms with E-state index in [1.54, 1.807) is 30.3 Å². The SMILES string of the molecule is O=C1CN(C(=O)c2ccc(Cl)cc2Cl)C(c2ccc(F)cc2)c2cc(Br)ccc2N1. The highest BCUT2D eigenvalue weighted by Crippen LogP contribution is 2.38. The molecule has 0 saturated carbocycles. The second kappa shape index (κ2) is 8.38. The topological polar surface area (TPSA) is 49.4 Å². The third kappa shape index (κ3) is 4.08. The van der Waals surface area contributed by atoms with Gasteiger partial charge in [-0.15, -0.1) is 0 Å². The van der Waals surface area contributed by atoms with E-state index in [9.17, 15) is 14.0 Å². The molecule has 0 radical (unpaired) electrons. The molecule has 0 bridgehead atoms. The number of benzene rings is 3. The van der Waals surface area contributed by atoms with Crippen molar-refractivity contribution in [2.45, 2.75) is 6.04 Å². The van der Waals surface area contributed by atoms with Crippen molar-refractivity contribution in [3.05, 3.63) is 97.7 Å². The van der Waals surface area contributed by atoms with Crippen molar-refractivity contribution < 1.29 is 14.0 Å². The fourth-order valence-corrected chi connectivity index (χ4v) is 4.36. The molecule has 1 unspecified atom stereocenters. The van der Waals surface area contributed by atoms with Crippen molar-refractivity contribution in [3.8, 4) is 0 Å². The summed E-state index contributed by atoms with van der Waals surface area (Å²) in [6, 6.07) is 15.2. The molecular formula is C22H14BrCl2FN2O2. The van der Waals surface area contributed by atoms with Crippen LogP contribution in [0.1, 0.15) is 27.5 Å². The molecule has 30 heavy (non-hydrogen) atoms. The molecule has 1 heterocycles. The van der Waals surface area contributed by atoms with E-state index in [1.165, 1.54) is 29.2 Å². The standard InChI is InChI=1S/C22H14BrCl2FN2O2/c23-13-3-8-19-17(9-13)21(12-1-5-15(26)6-2-12)28(11-20(29)27-19)22(30)16-7-4-14(24)10-18(16)25/h1-10,21H,11H2,(H,27,29). The molecule has 1 N–H and O–H groups in total. The van der Waals surface area contributed by atoms with E-state index in [0.717, 1.165) is 4.47 Å². The highest BCUT2D eigenvalue weighted by molar-refractivity contribution is 9.10. The molecule has 1 aliphatic heterocycles. The highest BCUT2D eigenvalue weighted by atomic mass is 79.9. The molecule has 3 aromatic carbocycles. The van der Waals surface area contributed by atoms with Gasteiger partial charge in [0.05, 0.1) is 16.6 Å². The average Bonchev–Trinajstić information content (AvgIpc) is 2.84. The smallest absolute Gasteiger partial charge is 0.256 e. The van der Waals surface area contributed by atoms with Crippen LogP contribution in [0.5, 0.6) is 0 Å². The Morgan fingerprint density at radius 3 is 2.50 bits per heavy atom. The number of carbonyl (C=O) groups is 2. The van der Waals surface area contributed by atoms with Gasteiger partial charge >= 0.3 is 0 Å². The van der Waals surface area contributed by atoms with Gasteiger partial charge in [0.2, 0.25) is 5.91 Å². The molecule has 1 atom stereocenters. The largest absolute Gasteiger partial charge is 0.324 e. The van der Waals surface area contributed by atoms with E-state index < -0.39 is 17.8 Å². The zero-order chi connectivity index (χ0) is 21.4. The second-order valence-electron chi connectivity index (χ2n) is 6.79. The Morgan fingerprint density at radius 1 is 1.07 bits per heavy atom. The minimum absolute atomic E-state index is 0.185. The van der Waals surface area contributed by atoms with E-state index in [0.29, 0.717) is 21.8 Å². The molecule has 0 saturated heterocycles. The molecule has 0 spiro atoms. The van der Waals surface area contributed by atoms with Crippen molar-refractivity contribution in [1.82, 2.24) is 4.90 Å². The van der Waals surface area contributed by atoms with Gasteiger partial charge in [-0.2, -0.15) is 0 Å². The number of nitrogens with zero attached hydrogens (tertiary/aromatic N) is 1. The lowest BCUT2D eigenvalue weighted by molar-refractivity contribution is -0.117. The van der Waals surface area contributed by atoms with Gasteiger partial charge in [0.15, 0.2) is 0 Å². The Balaban J connectivity index is 1.90. The van der Waals surface area contributed by atoms with Crippen LogP contribution in [0.25, 0.3) is 0 Å². The quantitative estimate of drug-likeness (QED) is 0.457. The summed E-state index contributed by atoms with van der Waals surface area (Å²) in [7, 11) is 0. The first-order valence-corrected chi connectivity index (χ1v) is 10.5. The third-order valence-electron chi connectivity index (χ3n) is 4.82. The highest BCUT2D eigenvalue weighted by Gasteiger charge is 2.34. The Hall–Kier alpha value is -2.41. The van der Waals surface area contributed by atoms with Crippen LogP contribution in [-0.4, -0.2) is 23.3 Å². The van der Waals surface area contributed by atoms with E-state index in [1.807, 2.05) is 6.07 Å². The van der Waals surface area contributed by atoms with Crippen molar-refractivity contribution in [1.29, 1.82) is 0 Å². The maximum atomic E-state index is 13.6. The summed E-state index contributed by atoms with van der Waals surface area (Å²) in [6.07, 6.45) is 0. The zero-order valence-corrected chi connectivity index (χ0v) is 18.4. The van der Waals surface area contributed by atoms with Crippen LogP contribution in [0.15, 0.2) is 65.1 Å². The molecule has 2 amide bonds. The molecule has 0 aliphatic carbocycles. The van der Waals surface area contributed by atoms with Crippen molar-refractivity contribution in [3.63, 3.8) is 0 Å². The van der Waals surface area contributed by atoms with Crippen LogP contribution in [0.4, 0.5) is 10.1 Å². The predicted molar refractivity (Wildman–Crippen MR) is 119 cm³/mol. The molecular weight excluding hydrogens is 494 g/mol. The summed E-state index contributed by atoms with van der Waals surface area (Å²) in [5, 5.41) is 3.42. The van der Waals surface area contributed by atoms with Crippen LogP contribution >= 0.6 is 39.1 Å². The molecule has 8 heteroatoms. The van der Waals surface area contributed by atoms with Crippen LogP contribution < -0.4 is 5.32 Å². The maximum Gasteiger partial charge on any atom is 0.256 e. The summed E-state index contributed by atoms with van der Waals surface area (Å²) in [5.41, 5.74) is 2.15. The number of hydrogen-bond acceptors (Lipinski definition) is 2. The number of halogens is 4. The lowest BCUT2D eigenvalue weighted by Gasteiger charge is -2.31. The average molecular weight is 508 g/mol. The summed E-state index contributed by atoms with van der Waals surface area (Å²) in [4.78, 5) is 27.6. The number of anilines is 1. The van der Waals surface area contributed by atoms with E-state index in [4.69, 9.17) is 23.2 Å². The summed E-state index contributed by atoms with van der Waals surface area (Å²) in [6.45, 7) is -0.202. The lowest BCUT2D eigenvalue weighted by atomic mass is 9.95. The molecule has 4 nitrogen and oxygen atoms in total. The summed E-state index contributed by atoms with van der Waals surface area (Å²) in [5.74, 6) is -1.18. The fraction of sp³-hybridized carbons (Fsp3) is 0.0909. The maximum absolute atomic E-state index is 13.6. The lowest BCUT2D eigenvalue weighted by Crippen LogP contribution is -2.39. The van der Waals surface area contributed by atoms with Crippen molar-refractivity contribution >= 4 is 56.6 Å². The van der Waals surface area contributed by atoms with E-state index >= 15 is 0 Å². The zero-order valence-electron chi connectivity index (χ0n) is 15.3. The van der Waals surface area contributed by atoms with Crippen molar-refractivity contribution in [2.75, 3.05) is 11.9 Å². The van der Waals surface area contributed by atoms with Gasteiger partial charge in [0.1, 0.15) is 12.4 Å². The second-order valence-corrected chi connectivity index (χ2v) is 8.55. The summed E-state index contributed by atoms with van der Waals surface area (Å²) >= 11 is 15.7. The van der Waals surface area contributed by atoms with Gasteiger partial charge in [0, 0.05) is 20.7 Å². The molecule has 152 valence electrons. The van der Waals surface area contributed by atoms with Crippen LogP contribution in [0, 0.1) is 5.82 Å². The number of rotatable bonds is 2. The monoisotopic (exact) mass is 506 g/mol. The van der Waals surface area contributed by atoms with Crippen molar-refractivity contribution in [2.24, 2.45) is 0 Å². The number of hydrogen-bond donors (Lipinski definition) is 1. The Labute approximate surface area is 190 Å². The number of fused-ring (bicyclic) bond motifs is 1. The number of amides is 2. The van der Waals surface area contributed by atoms with E-state index in [-0.39, 0.29) is 23.0 Å². The molecule has 1 aliphatic rings. The van der Waals surface area contributed by atoms with Gasteiger partial charge in [-0.1, -0.05) is 51.3 Å². The van der Waals surface area contributed by atoms with Gasteiger partial charge in [0.25, 0.3) is 5.91 Å². The third-order valence-corrected chi connectivity index (χ3v) is 5.86. The first-order valence-electron chi connectivity index (χ1n) is 8.94. The minimum atomic E-state index is -0.642. The molecule has 0 aromatic heterocycles. The number of carbonyl (C=O) groups excluding carboxylic acids is 2. The Bertz CT molecular complexity index is 1150. The van der Waals surface area contributed by atoms with E-state index in [2.05, 4.69) is 21.2 Å². The predicted octanol–water partition coefficient (Wildman–Crippen LogP) is 6.08. The minimum Gasteiger partial charge on any atom is -0.324 e. The first kappa shape index (κ1) is 20.8. The molecule has 3 aromatic rings. The Kier molecular flexibility index (Phi) is 5.82. The normalized spacial score (nSPS) is 15.9. The number of nitrogens with one attached hydrogen (secondary N) is 1. The van der Waals surface area contributed by atoms with Crippen LogP contribution in [-0.2, 0) is 4.79 Å². The van der Waals surface area contributed by atoms with Gasteiger partial charge in [-0.3, -0.25) is 9.59 Å². The first-order chi connectivity index (χ1) is 14.3. The van der Waals surface area contributed by atoms with Gasteiger partial charge < -0.3 is 10.2 Å². The van der Waals surface area contributed by atoms with Crippen LogP contribution in [0.2, 0.25) is 10.0 Å². The summed E-state index contributed by atoms with van der Waals surface area (Å²) < 4.78 is 14.4. The molecule has 4 rings (SSSR count). The Morgan fingerprint density at radius 2 is 1.80 bits per heavy atom.